The third-order valence-electron chi connectivity index (χ3n) is 5.56. The first-order valence-electron chi connectivity index (χ1n) is 11.5. The Morgan fingerprint density at radius 3 is 2.62 bits per heavy atom. The lowest BCUT2D eigenvalue weighted by atomic mass is 9.84. The molecule has 1 aromatic heterocycles. The lowest BCUT2D eigenvalue weighted by molar-refractivity contribution is -0.149. The summed E-state index contributed by atoms with van der Waals surface area (Å²) in [6, 6.07) is 10.4. The van der Waals surface area contributed by atoms with E-state index >= 15 is 0 Å². The van der Waals surface area contributed by atoms with E-state index in [1.165, 1.54) is 26.1 Å². The van der Waals surface area contributed by atoms with Crippen molar-refractivity contribution in [2.24, 2.45) is 5.41 Å². The Kier molecular flexibility index (Phi) is 8.73. The summed E-state index contributed by atoms with van der Waals surface area (Å²) in [5.74, 6) is -0.511. The summed E-state index contributed by atoms with van der Waals surface area (Å²) in [5.41, 5.74) is 3.17. The number of carbonyl (C=O) groups is 1. The maximum Gasteiger partial charge on any atom is 0.459 e. The van der Waals surface area contributed by atoms with E-state index in [0.717, 1.165) is 4.57 Å². The molecule has 1 unspecified atom stereocenters. The Bertz CT molecular complexity index is 1250. The minimum absolute atomic E-state index is 0.0199. The van der Waals surface area contributed by atoms with Crippen molar-refractivity contribution in [1.82, 2.24) is 14.6 Å². The average molecular weight is 535 g/mol. The fourth-order valence-corrected chi connectivity index (χ4v) is 5.13. The van der Waals surface area contributed by atoms with Crippen molar-refractivity contribution in [2.45, 2.75) is 58.3 Å². The Hall–Kier alpha value is -3.27. The van der Waals surface area contributed by atoms with Gasteiger partial charge in [0.25, 0.3) is 0 Å². The van der Waals surface area contributed by atoms with Crippen LogP contribution in [-0.2, 0) is 23.4 Å². The van der Waals surface area contributed by atoms with E-state index in [1.807, 2.05) is 6.07 Å². The normalized spacial score (nSPS) is 25.7. The van der Waals surface area contributed by atoms with Gasteiger partial charge < -0.3 is 24.8 Å². The molecule has 14 heteroatoms. The molecule has 2 heterocycles. The highest BCUT2D eigenvalue weighted by molar-refractivity contribution is 7.52. The highest BCUT2D eigenvalue weighted by Crippen LogP contribution is 2.48. The third kappa shape index (κ3) is 6.54. The van der Waals surface area contributed by atoms with Gasteiger partial charge in [-0.05, 0) is 45.9 Å². The van der Waals surface area contributed by atoms with E-state index in [1.54, 1.807) is 44.2 Å². The van der Waals surface area contributed by atoms with Crippen molar-refractivity contribution in [3.8, 4) is 11.8 Å². The van der Waals surface area contributed by atoms with Crippen LogP contribution in [0.15, 0.2) is 47.4 Å². The molecule has 13 nitrogen and oxygen atoms in total. The van der Waals surface area contributed by atoms with Crippen LogP contribution in [0.25, 0.3) is 0 Å². The Labute approximate surface area is 213 Å². The first-order chi connectivity index (χ1) is 17.4. The van der Waals surface area contributed by atoms with Crippen molar-refractivity contribution in [3.05, 3.63) is 53.1 Å². The van der Waals surface area contributed by atoms with Crippen LogP contribution in [0.4, 0.5) is 5.82 Å². The van der Waals surface area contributed by atoms with Gasteiger partial charge in [-0.25, -0.2) is 9.36 Å². The van der Waals surface area contributed by atoms with E-state index in [-0.39, 0.29) is 11.6 Å². The van der Waals surface area contributed by atoms with Crippen molar-refractivity contribution in [2.75, 3.05) is 12.3 Å². The highest BCUT2D eigenvalue weighted by atomic mass is 31.2. The molecular weight excluding hydrogens is 505 g/mol. The van der Waals surface area contributed by atoms with E-state index in [2.05, 4.69) is 10.1 Å². The van der Waals surface area contributed by atoms with Crippen LogP contribution >= 0.6 is 7.75 Å². The molecule has 1 aromatic carbocycles. The van der Waals surface area contributed by atoms with E-state index in [0.29, 0.717) is 0 Å². The number of nitrogens with zero attached hydrogens (tertiary/aromatic N) is 3. The molecule has 0 saturated carbocycles. The molecule has 37 heavy (non-hydrogen) atoms. The quantitative estimate of drug-likeness (QED) is 0.296. The van der Waals surface area contributed by atoms with Crippen LogP contribution in [0.2, 0.25) is 0 Å². The fourth-order valence-electron chi connectivity index (χ4n) is 3.63. The maximum atomic E-state index is 13.7. The van der Waals surface area contributed by atoms with Gasteiger partial charge >= 0.3 is 19.4 Å². The number of nitrogen functional groups attached to an aromatic ring is 1. The van der Waals surface area contributed by atoms with Gasteiger partial charge in [-0.1, -0.05) is 18.2 Å². The predicted molar refractivity (Wildman–Crippen MR) is 131 cm³/mol. The molecule has 3 rings (SSSR count). The number of aliphatic hydroxyl groups is 1. The molecular formula is C23H30N5O8P. The monoisotopic (exact) mass is 535 g/mol. The van der Waals surface area contributed by atoms with Gasteiger partial charge in [0.15, 0.2) is 6.23 Å². The zero-order valence-electron chi connectivity index (χ0n) is 20.8. The number of para-hydroxylation sites is 1. The van der Waals surface area contributed by atoms with E-state index < -0.39 is 62.0 Å². The van der Waals surface area contributed by atoms with Crippen molar-refractivity contribution < 1.29 is 33.0 Å². The van der Waals surface area contributed by atoms with E-state index in [4.69, 9.17) is 24.3 Å². The number of hydrogen-bond acceptors (Lipinski definition) is 11. The molecule has 200 valence electrons. The summed E-state index contributed by atoms with van der Waals surface area (Å²) in [6.45, 7) is 5.66. The number of benzene rings is 1. The molecule has 1 fully saturated rings. The number of rotatable bonds is 10. The second kappa shape index (κ2) is 11.4. The van der Waals surface area contributed by atoms with Crippen LogP contribution in [0.3, 0.4) is 0 Å². The molecule has 0 bridgehead atoms. The van der Waals surface area contributed by atoms with Gasteiger partial charge in [-0.3, -0.25) is 13.9 Å². The van der Waals surface area contributed by atoms with Gasteiger partial charge in [-0.2, -0.15) is 15.3 Å². The average Bonchev–Trinajstić information content (AvgIpc) is 3.08. The smallest absolute Gasteiger partial charge is 0.459 e. The zero-order valence-corrected chi connectivity index (χ0v) is 21.7. The Balaban J connectivity index is 1.83. The number of nitriles is 1. The van der Waals surface area contributed by atoms with Gasteiger partial charge in [-0.15, -0.1) is 0 Å². The molecule has 2 aromatic rings. The molecule has 1 aliphatic heterocycles. The lowest BCUT2D eigenvalue weighted by Crippen LogP contribution is -2.40. The minimum Gasteiger partial charge on any atom is -0.462 e. The second-order valence-electron chi connectivity index (χ2n) is 8.94. The second-order valence-corrected chi connectivity index (χ2v) is 10.6. The highest BCUT2D eigenvalue weighted by Gasteiger charge is 2.55. The number of aliphatic hydroxyl groups excluding tert-OH is 1. The summed E-state index contributed by atoms with van der Waals surface area (Å²) in [6.07, 6.45) is -3.01. The van der Waals surface area contributed by atoms with Crippen molar-refractivity contribution >= 4 is 19.5 Å². The summed E-state index contributed by atoms with van der Waals surface area (Å²) >= 11 is 0. The number of ether oxygens (including phenoxy) is 2. The molecule has 1 aliphatic rings. The minimum atomic E-state index is -4.25. The van der Waals surface area contributed by atoms with Crippen LogP contribution < -0.4 is 21.0 Å². The molecule has 0 spiro atoms. The topological polar surface area (TPSA) is 188 Å². The number of nitrogens with two attached hydrogens (primary N) is 1. The van der Waals surface area contributed by atoms with Gasteiger partial charge in [0.2, 0.25) is 0 Å². The van der Waals surface area contributed by atoms with Crippen molar-refractivity contribution in [3.63, 3.8) is 0 Å². The Morgan fingerprint density at radius 2 is 2.03 bits per heavy atom. The van der Waals surface area contributed by atoms with Gasteiger partial charge in [0, 0.05) is 6.20 Å². The number of nitrogens with one attached hydrogen (secondary N) is 1. The third-order valence-corrected chi connectivity index (χ3v) is 7.21. The number of hydrogen-bond donors (Lipinski definition) is 3. The number of carbonyl (C=O) groups excluding carboxylic acids is 1. The molecule has 6 atom stereocenters. The summed E-state index contributed by atoms with van der Waals surface area (Å²) in [4.78, 5) is 28.3. The summed E-state index contributed by atoms with van der Waals surface area (Å²) in [7, 11) is -4.25. The molecule has 0 radical (unpaired) electrons. The van der Waals surface area contributed by atoms with Crippen molar-refractivity contribution in [1.29, 1.82) is 5.26 Å². The first-order valence-corrected chi connectivity index (χ1v) is 13.0. The Morgan fingerprint density at radius 1 is 1.35 bits per heavy atom. The zero-order chi connectivity index (χ0) is 27.4. The van der Waals surface area contributed by atoms with Gasteiger partial charge in [0.05, 0.1) is 18.8 Å². The molecule has 0 aliphatic carbocycles. The number of aromatic nitrogens is 2. The molecule has 0 amide bonds. The van der Waals surface area contributed by atoms with Crippen LogP contribution in [0.5, 0.6) is 5.75 Å². The van der Waals surface area contributed by atoms with Crippen LogP contribution in [-0.4, -0.2) is 51.6 Å². The molecule has 4 N–H and O–H groups in total. The number of anilines is 1. The van der Waals surface area contributed by atoms with Crippen LogP contribution in [0, 0.1) is 16.7 Å². The largest absolute Gasteiger partial charge is 0.462 e. The standard InChI is InChI=1S/C23H30N5O8P/c1-14(2)34-20(30)15(3)27-37(32,36-16-8-6-5-7-9-16)33-12-17-19(29)23(4,13-24)21(35-17)28-11-10-18(25)26-22(28)31/h5-11,14-15,17,19,21,29H,12H2,1-4H3,(H,27,32)(H2,25,26,31)/t15?,17-,19-,21-,23-,37-/m1/s1. The SMILES string of the molecule is CC(C)OC(=O)C(C)N[P@@](=O)(OC[C@H]1O[C@@H](n2ccc(N)nc2=O)[C@](C)(C#N)[C@@H]1O)Oc1ccccc1. The lowest BCUT2D eigenvalue weighted by Gasteiger charge is -2.26. The fraction of sp³-hybridized carbons (Fsp3) is 0.478. The summed E-state index contributed by atoms with van der Waals surface area (Å²) < 4.78 is 36.8. The number of esters is 1. The first kappa shape index (κ1) is 28.3. The molecule has 1 saturated heterocycles. The van der Waals surface area contributed by atoms with Crippen LogP contribution in [0.1, 0.15) is 33.9 Å². The van der Waals surface area contributed by atoms with Gasteiger partial charge in [0.1, 0.15) is 35.2 Å². The summed E-state index contributed by atoms with van der Waals surface area (Å²) in [5, 5.41) is 23.3. The predicted octanol–water partition coefficient (Wildman–Crippen LogP) is 1.75. The maximum absolute atomic E-state index is 13.7. The van der Waals surface area contributed by atoms with E-state index in [9.17, 15) is 24.5 Å².